The molecule has 0 aliphatic rings. The minimum Gasteiger partial charge on any atom is -0.497 e. The van der Waals surface area contributed by atoms with Gasteiger partial charge in [-0.3, -0.25) is 11.3 Å². The number of hydrogen-bond donors (Lipinski definition) is 2. The van der Waals surface area contributed by atoms with Crippen LogP contribution in [0.2, 0.25) is 0 Å². The zero-order valence-corrected chi connectivity index (χ0v) is 12.9. The van der Waals surface area contributed by atoms with Gasteiger partial charge in [0.15, 0.2) is 0 Å². The van der Waals surface area contributed by atoms with Gasteiger partial charge in [-0.2, -0.15) is 0 Å². The minimum atomic E-state index is -0.317. The number of benzene rings is 2. The zero-order valence-electron chi connectivity index (χ0n) is 12.1. The van der Waals surface area contributed by atoms with Crippen LogP contribution in [0.1, 0.15) is 17.2 Å². The van der Waals surface area contributed by atoms with Crippen molar-refractivity contribution in [1.82, 2.24) is 5.43 Å². The SMILES string of the molecule is COc1ccc(C(CSc2cccc(C)c2)NN)c(F)c1. The van der Waals surface area contributed by atoms with Crippen LogP contribution in [-0.4, -0.2) is 12.9 Å². The molecule has 0 aliphatic carbocycles. The van der Waals surface area contributed by atoms with E-state index >= 15 is 0 Å². The molecule has 2 aromatic rings. The number of hydrazine groups is 1. The highest BCUT2D eigenvalue weighted by Gasteiger charge is 2.15. The number of nitrogens with one attached hydrogen (secondary N) is 1. The van der Waals surface area contributed by atoms with Gasteiger partial charge in [0.1, 0.15) is 11.6 Å². The van der Waals surface area contributed by atoms with Gasteiger partial charge in [0.25, 0.3) is 0 Å². The highest BCUT2D eigenvalue weighted by Crippen LogP contribution is 2.27. The molecule has 1 unspecified atom stereocenters. The molecular weight excluding hydrogens is 287 g/mol. The third kappa shape index (κ3) is 4.20. The average molecular weight is 306 g/mol. The maximum Gasteiger partial charge on any atom is 0.131 e. The standard InChI is InChI=1S/C16H19FN2OS/c1-11-4-3-5-13(8-11)21-10-16(19-18)14-7-6-12(20-2)9-15(14)17/h3-9,16,19H,10,18H2,1-2H3. The maximum absolute atomic E-state index is 14.1. The summed E-state index contributed by atoms with van der Waals surface area (Å²) in [5.41, 5.74) is 4.42. The van der Waals surface area contributed by atoms with Crippen LogP contribution in [0.15, 0.2) is 47.4 Å². The van der Waals surface area contributed by atoms with Gasteiger partial charge < -0.3 is 4.74 Å². The molecule has 0 amide bonds. The Morgan fingerprint density at radius 2 is 2.10 bits per heavy atom. The first-order valence-electron chi connectivity index (χ1n) is 6.63. The molecule has 0 saturated carbocycles. The molecule has 3 nitrogen and oxygen atoms in total. The van der Waals surface area contributed by atoms with Crippen LogP contribution in [0.3, 0.4) is 0 Å². The third-order valence-electron chi connectivity index (χ3n) is 3.19. The lowest BCUT2D eigenvalue weighted by Gasteiger charge is -2.17. The molecule has 0 aromatic heterocycles. The zero-order chi connectivity index (χ0) is 15.2. The smallest absolute Gasteiger partial charge is 0.131 e. The van der Waals surface area contributed by atoms with Crippen molar-refractivity contribution in [2.45, 2.75) is 17.9 Å². The Morgan fingerprint density at radius 1 is 1.29 bits per heavy atom. The molecule has 5 heteroatoms. The summed E-state index contributed by atoms with van der Waals surface area (Å²) in [6.45, 7) is 2.05. The molecule has 0 bridgehead atoms. The van der Waals surface area contributed by atoms with E-state index in [-0.39, 0.29) is 11.9 Å². The van der Waals surface area contributed by atoms with Crippen LogP contribution in [0.4, 0.5) is 4.39 Å². The van der Waals surface area contributed by atoms with Crippen molar-refractivity contribution in [3.05, 3.63) is 59.4 Å². The summed E-state index contributed by atoms with van der Waals surface area (Å²) >= 11 is 1.64. The second kappa shape index (κ2) is 7.45. The number of rotatable bonds is 6. The second-order valence-corrected chi connectivity index (χ2v) is 5.83. The van der Waals surface area contributed by atoms with Gasteiger partial charge in [0, 0.05) is 22.3 Å². The molecule has 0 heterocycles. The Morgan fingerprint density at radius 3 is 2.71 bits per heavy atom. The van der Waals surface area contributed by atoms with Gasteiger partial charge >= 0.3 is 0 Å². The number of thioether (sulfide) groups is 1. The molecule has 0 saturated heterocycles. The Kier molecular flexibility index (Phi) is 5.61. The molecular formula is C16H19FN2OS. The van der Waals surface area contributed by atoms with Crippen molar-refractivity contribution in [2.75, 3.05) is 12.9 Å². The molecule has 21 heavy (non-hydrogen) atoms. The van der Waals surface area contributed by atoms with E-state index in [2.05, 4.69) is 11.5 Å². The highest BCUT2D eigenvalue weighted by atomic mass is 32.2. The fourth-order valence-electron chi connectivity index (χ4n) is 2.03. The van der Waals surface area contributed by atoms with E-state index in [0.717, 1.165) is 4.90 Å². The van der Waals surface area contributed by atoms with Gasteiger partial charge in [-0.05, 0) is 25.1 Å². The Balaban J connectivity index is 2.09. The fourth-order valence-corrected chi connectivity index (χ4v) is 3.11. The monoisotopic (exact) mass is 306 g/mol. The first-order chi connectivity index (χ1) is 10.1. The van der Waals surface area contributed by atoms with Gasteiger partial charge in [0.05, 0.1) is 13.2 Å². The van der Waals surface area contributed by atoms with E-state index in [1.54, 1.807) is 23.9 Å². The number of methoxy groups -OCH3 is 1. The number of halogens is 1. The molecule has 0 spiro atoms. The van der Waals surface area contributed by atoms with Crippen molar-refractivity contribution in [3.8, 4) is 5.75 Å². The van der Waals surface area contributed by atoms with E-state index in [9.17, 15) is 4.39 Å². The lowest BCUT2D eigenvalue weighted by atomic mass is 10.1. The van der Waals surface area contributed by atoms with Gasteiger partial charge in [-0.15, -0.1) is 11.8 Å². The van der Waals surface area contributed by atoms with Crippen molar-refractivity contribution >= 4 is 11.8 Å². The molecule has 0 fully saturated rings. The van der Waals surface area contributed by atoms with Crippen molar-refractivity contribution < 1.29 is 9.13 Å². The van der Waals surface area contributed by atoms with E-state index in [4.69, 9.17) is 10.6 Å². The molecule has 0 radical (unpaired) electrons. The van der Waals surface area contributed by atoms with Crippen LogP contribution in [-0.2, 0) is 0 Å². The Labute approximate surface area is 128 Å². The number of ether oxygens (including phenoxy) is 1. The van der Waals surface area contributed by atoms with Crippen LogP contribution >= 0.6 is 11.8 Å². The van der Waals surface area contributed by atoms with Gasteiger partial charge in [0.2, 0.25) is 0 Å². The predicted octanol–water partition coefficient (Wildman–Crippen LogP) is 3.44. The quantitative estimate of drug-likeness (QED) is 0.487. The summed E-state index contributed by atoms with van der Waals surface area (Å²) in [7, 11) is 1.51. The number of nitrogens with two attached hydrogens (primary N) is 1. The van der Waals surface area contributed by atoms with Crippen molar-refractivity contribution in [3.63, 3.8) is 0 Å². The number of hydrogen-bond acceptors (Lipinski definition) is 4. The minimum absolute atomic E-state index is 0.263. The van der Waals surface area contributed by atoms with Crippen molar-refractivity contribution in [2.24, 2.45) is 5.84 Å². The lowest BCUT2D eigenvalue weighted by molar-refractivity contribution is 0.409. The van der Waals surface area contributed by atoms with Gasteiger partial charge in [-0.25, -0.2) is 4.39 Å². The second-order valence-electron chi connectivity index (χ2n) is 4.73. The van der Waals surface area contributed by atoms with Crippen molar-refractivity contribution in [1.29, 1.82) is 0 Å². The Hall–Kier alpha value is -1.56. The normalized spacial score (nSPS) is 12.2. The van der Waals surface area contributed by atoms with E-state index in [1.807, 2.05) is 25.1 Å². The summed E-state index contributed by atoms with van der Waals surface area (Å²) in [6, 6.07) is 12.7. The maximum atomic E-state index is 14.1. The largest absolute Gasteiger partial charge is 0.497 e. The number of aryl methyl sites for hydroxylation is 1. The molecule has 112 valence electrons. The van der Waals surface area contributed by atoms with Crippen LogP contribution in [0, 0.1) is 12.7 Å². The summed E-state index contributed by atoms with van der Waals surface area (Å²) in [5, 5.41) is 0. The summed E-state index contributed by atoms with van der Waals surface area (Å²) in [5.74, 6) is 6.40. The van der Waals surface area contributed by atoms with E-state index in [1.165, 1.54) is 18.7 Å². The summed E-state index contributed by atoms with van der Waals surface area (Å²) in [4.78, 5) is 1.14. The van der Waals surface area contributed by atoms with Gasteiger partial charge in [-0.1, -0.05) is 23.8 Å². The molecule has 1 atom stereocenters. The average Bonchev–Trinajstić information content (AvgIpc) is 2.49. The van der Waals surface area contributed by atoms with Crippen LogP contribution < -0.4 is 16.0 Å². The molecule has 3 N–H and O–H groups in total. The molecule has 2 rings (SSSR count). The predicted molar refractivity (Wildman–Crippen MR) is 84.9 cm³/mol. The van der Waals surface area contributed by atoms with E-state index < -0.39 is 0 Å². The van der Waals surface area contributed by atoms with Crippen LogP contribution in [0.5, 0.6) is 5.75 Å². The fraction of sp³-hybridized carbons (Fsp3) is 0.250. The molecule has 2 aromatic carbocycles. The summed E-state index contributed by atoms with van der Waals surface area (Å²) < 4.78 is 19.1. The van der Waals surface area contributed by atoms with E-state index in [0.29, 0.717) is 17.1 Å². The highest BCUT2D eigenvalue weighted by molar-refractivity contribution is 7.99. The topological polar surface area (TPSA) is 47.3 Å². The first kappa shape index (κ1) is 15.8. The lowest BCUT2D eigenvalue weighted by Crippen LogP contribution is -2.30. The third-order valence-corrected chi connectivity index (χ3v) is 4.28. The molecule has 0 aliphatic heterocycles. The summed E-state index contributed by atoms with van der Waals surface area (Å²) in [6.07, 6.45) is 0. The first-order valence-corrected chi connectivity index (χ1v) is 7.61. The Bertz CT molecular complexity index is 607. The van der Waals surface area contributed by atoms with Crippen LogP contribution in [0.25, 0.3) is 0 Å².